The third-order valence-corrected chi connectivity index (χ3v) is 3.36. The van der Waals surface area contributed by atoms with Crippen LogP contribution in [0.2, 0.25) is 5.15 Å². The Balaban J connectivity index is 0.00000108. The van der Waals surface area contributed by atoms with Crippen molar-refractivity contribution in [3.8, 4) is 0 Å². The van der Waals surface area contributed by atoms with Crippen molar-refractivity contribution < 1.29 is 0 Å². The first-order valence-electron chi connectivity index (χ1n) is 5.53. The van der Waals surface area contributed by atoms with E-state index >= 15 is 0 Å². The summed E-state index contributed by atoms with van der Waals surface area (Å²) in [7, 11) is 0. The van der Waals surface area contributed by atoms with Crippen molar-refractivity contribution in [2.75, 3.05) is 24.5 Å². The highest BCUT2D eigenvalue weighted by Gasteiger charge is 2.26. The molecule has 4 nitrogen and oxygen atoms in total. The molecule has 1 aromatic rings. The minimum Gasteiger partial charge on any atom is -0.327 e. The monoisotopic (exact) mass is 272 g/mol. The maximum absolute atomic E-state index is 5.74. The first-order valence-corrected chi connectivity index (χ1v) is 5.91. The van der Waals surface area contributed by atoms with Crippen molar-refractivity contribution in [2.24, 2.45) is 0 Å². The third kappa shape index (κ3) is 2.39. The van der Waals surface area contributed by atoms with E-state index in [4.69, 9.17) is 11.6 Å². The SMILES string of the molecule is Cl.Clc1ccc(N2CCC3=C2CNCC3)nn1. The summed E-state index contributed by atoms with van der Waals surface area (Å²) in [4.78, 5) is 2.24. The van der Waals surface area contributed by atoms with E-state index in [1.807, 2.05) is 6.07 Å². The molecule has 0 saturated carbocycles. The van der Waals surface area contributed by atoms with Gasteiger partial charge in [-0.1, -0.05) is 11.6 Å². The van der Waals surface area contributed by atoms with Crippen molar-refractivity contribution in [2.45, 2.75) is 12.8 Å². The van der Waals surface area contributed by atoms with Gasteiger partial charge < -0.3 is 10.2 Å². The first kappa shape index (κ1) is 12.6. The Hall–Kier alpha value is -0.840. The number of hydrogen-bond donors (Lipinski definition) is 1. The molecule has 0 aromatic carbocycles. The summed E-state index contributed by atoms with van der Waals surface area (Å²) in [5.41, 5.74) is 2.94. The van der Waals surface area contributed by atoms with Crippen LogP contribution in [0.15, 0.2) is 23.4 Å². The van der Waals surface area contributed by atoms with Gasteiger partial charge in [0.05, 0.1) is 0 Å². The summed E-state index contributed by atoms with van der Waals surface area (Å²) in [6.45, 7) is 3.06. The molecule has 0 unspecified atom stereocenters. The first-order chi connectivity index (χ1) is 7.84. The molecule has 0 spiro atoms. The molecule has 92 valence electrons. The van der Waals surface area contributed by atoms with Crippen LogP contribution in [0.3, 0.4) is 0 Å². The van der Waals surface area contributed by atoms with Gasteiger partial charge in [0, 0.05) is 18.8 Å². The topological polar surface area (TPSA) is 41.0 Å². The summed E-state index contributed by atoms with van der Waals surface area (Å²) < 4.78 is 0. The molecule has 3 heterocycles. The van der Waals surface area contributed by atoms with Crippen LogP contribution < -0.4 is 10.2 Å². The molecule has 0 atom stereocenters. The number of rotatable bonds is 1. The number of anilines is 1. The van der Waals surface area contributed by atoms with Crippen molar-refractivity contribution in [1.29, 1.82) is 0 Å². The summed E-state index contributed by atoms with van der Waals surface area (Å²) in [5, 5.41) is 11.9. The molecular formula is C11H14Cl2N4. The molecule has 0 amide bonds. The standard InChI is InChI=1S/C11H13ClN4.ClH/c12-10-1-2-11(15-14-10)16-6-4-8-3-5-13-7-9(8)16;/h1-2,13H,3-7H2;1H. The van der Waals surface area contributed by atoms with Crippen LogP contribution in [0.25, 0.3) is 0 Å². The Bertz CT molecular complexity index is 430. The second-order valence-electron chi connectivity index (χ2n) is 4.09. The van der Waals surface area contributed by atoms with Crippen molar-refractivity contribution in [3.05, 3.63) is 28.6 Å². The van der Waals surface area contributed by atoms with Gasteiger partial charge in [-0.25, -0.2) is 0 Å². The van der Waals surface area contributed by atoms with E-state index in [2.05, 4.69) is 20.4 Å². The molecule has 17 heavy (non-hydrogen) atoms. The highest BCUT2D eigenvalue weighted by atomic mass is 35.5. The molecule has 6 heteroatoms. The Morgan fingerprint density at radius 2 is 2.12 bits per heavy atom. The van der Waals surface area contributed by atoms with Crippen LogP contribution in [-0.2, 0) is 0 Å². The smallest absolute Gasteiger partial charge is 0.155 e. The van der Waals surface area contributed by atoms with E-state index in [0.29, 0.717) is 5.15 Å². The molecule has 0 aliphatic carbocycles. The van der Waals surface area contributed by atoms with Crippen LogP contribution >= 0.6 is 24.0 Å². The molecule has 1 aromatic heterocycles. The molecule has 0 radical (unpaired) electrons. The second-order valence-corrected chi connectivity index (χ2v) is 4.48. The normalized spacial score (nSPS) is 19.0. The fraction of sp³-hybridized carbons (Fsp3) is 0.455. The Morgan fingerprint density at radius 1 is 1.24 bits per heavy atom. The summed E-state index contributed by atoms with van der Waals surface area (Å²) in [5.74, 6) is 0.901. The van der Waals surface area contributed by atoms with Crippen molar-refractivity contribution in [1.82, 2.24) is 15.5 Å². The molecule has 1 N–H and O–H groups in total. The van der Waals surface area contributed by atoms with Crippen molar-refractivity contribution in [3.63, 3.8) is 0 Å². The van der Waals surface area contributed by atoms with E-state index in [0.717, 1.165) is 38.3 Å². The Labute approximate surface area is 111 Å². The molecule has 2 aliphatic rings. The quantitative estimate of drug-likeness (QED) is 0.849. The minimum absolute atomic E-state index is 0. The Morgan fingerprint density at radius 3 is 2.88 bits per heavy atom. The largest absolute Gasteiger partial charge is 0.327 e. The fourth-order valence-corrected chi connectivity index (χ4v) is 2.46. The van der Waals surface area contributed by atoms with Gasteiger partial charge in [-0.15, -0.1) is 22.6 Å². The molecular weight excluding hydrogens is 259 g/mol. The lowest BCUT2D eigenvalue weighted by Gasteiger charge is -2.24. The highest BCUT2D eigenvalue weighted by molar-refractivity contribution is 6.29. The van der Waals surface area contributed by atoms with E-state index in [9.17, 15) is 0 Å². The average molecular weight is 273 g/mol. The van der Waals surface area contributed by atoms with Gasteiger partial charge in [0.25, 0.3) is 0 Å². The number of aromatic nitrogens is 2. The van der Waals surface area contributed by atoms with Crippen LogP contribution in [0.4, 0.5) is 5.82 Å². The van der Waals surface area contributed by atoms with Crippen LogP contribution in [0, 0.1) is 0 Å². The van der Waals surface area contributed by atoms with Crippen LogP contribution in [-0.4, -0.2) is 29.8 Å². The zero-order chi connectivity index (χ0) is 11.0. The maximum Gasteiger partial charge on any atom is 0.155 e. The summed E-state index contributed by atoms with van der Waals surface area (Å²) in [6, 6.07) is 3.72. The highest BCUT2D eigenvalue weighted by Crippen LogP contribution is 2.30. The van der Waals surface area contributed by atoms with E-state index in [1.165, 1.54) is 5.70 Å². The summed E-state index contributed by atoms with van der Waals surface area (Å²) in [6.07, 6.45) is 2.31. The molecule has 2 aliphatic heterocycles. The van der Waals surface area contributed by atoms with Gasteiger partial charge in [-0.05, 0) is 37.1 Å². The number of halogens is 2. The second kappa shape index (κ2) is 5.21. The van der Waals surface area contributed by atoms with Gasteiger partial charge >= 0.3 is 0 Å². The van der Waals surface area contributed by atoms with E-state index in [-0.39, 0.29) is 12.4 Å². The number of hydrogen-bond acceptors (Lipinski definition) is 4. The van der Waals surface area contributed by atoms with Gasteiger partial charge in [0.2, 0.25) is 0 Å². The predicted octanol–water partition coefficient (Wildman–Crippen LogP) is 2.01. The van der Waals surface area contributed by atoms with E-state index in [1.54, 1.807) is 11.6 Å². The van der Waals surface area contributed by atoms with Gasteiger partial charge in [0.1, 0.15) is 0 Å². The number of nitrogens with one attached hydrogen (secondary N) is 1. The fourth-order valence-electron chi connectivity index (χ4n) is 2.36. The zero-order valence-corrected chi connectivity index (χ0v) is 10.9. The zero-order valence-electron chi connectivity index (χ0n) is 9.32. The van der Waals surface area contributed by atoms with Gasteiger partial charge in [-0.3, -0.25) is 0 Å². The predicted molar refractivity (Wildman–Crippen MR) is 70.8 cm³/mol. The van der Waals surface area contributed by atoms with E-state index < -0.39 is 0 Å². The van der Waals surface area contributed by atoms with Gasteiger partial charge in [0.15, 0.2) is 11.0 Å². The minimum atomic E-state index is 0. The Kier molecular flexibility index (Phi) is 3.86. The molecule has 3 rings (SSSR count). The third-order valence-electron chi connectivity index (χ3n) is 3.16. The van der Waals surface area contributed by atoms with Crippen LogP contribution in [0.1, 0.15) is 12.8 Å². The molecule has 0 bridgehead atoms. The number of nitrogens with zero attached hydrogens (tertiary/aromatic N) is 3. The lowest BCUT2D eigenvalue weighted by molar-refractivity contribution is 0.675. The van der Waals surface area contributed by atoms with Crippen molar-refractivity contribution >= 4 is 29.8 Å². The average Bonchev–Trinajstić information content (AvgIpc) is 2.74. The molecule has 0 fully saturated rings. The molecule has 0 saturated heterocycles. The van der Waals surface area contributed by atoms with Gasteiger partial charge in [-0.2, -0.15) is 0 Å². The lowest BCUT2D eigenvalue weighted by Crippen LogP contribution is -2.31. The lowest BCUT2D eigenvalue weighted by atomic mass is 10.1. The maximum atomic E-state index is 5.74. The van der Waals surface area contributed by atoms with Crippen LogP contribution in [0.5, 0.6) is 0 Å². The summed E-state index contributed by atoms with van der Waals surface area (Å²) >= 11 is 5.74.